The molecular weight excluding hydrogens is 348 g/mol. The Labute approximate surface area is 158 Å². The fourth-order valence-electron chi connectivity index (χ4n) is 2.48. The quantitative estimate of drug-likeness (QED) is 0.624. The number of methoxy groups -OCH3 is 1. The molecular formula is C20H21ClN4O. The van der Waals surface area contributed by atoms with E-state index in [4.69, 9.17) is 16.3 Å². The average Bonchev–Trinajstić information content (AvgIpc) is 2.65. The van der Waals surface area contributed by atoms with Crippen LogP contribution in [0.2, 0.25) is 5.02 Å². The molecule has 0 unspecified atom stereocenters. The Morgan fingerprint density at radius 3 is 2.81 bits per heavy atom. The van der Waals surface area contributed by atoms with Gasteiger partial charge in [-0.3, -0.25) is 0 Å². The third-order valence-electron chi connectivity index (χ3n) is 3.94. The van der Waals surface area contributed by atoms with Crippen LogP contribution in [0.25, 0.3) is 0 Å². The van der Waals surface area contributed by atoms with Crippen LogP contribution in [0.5, 0.6) is 5.75 Å². The van der Waals surface area contributed by atoms with Gasteiger partial charge in [-0.25, -0.2) is 4.98 Å². The highest BCUT2D eigenvalue weighted by Gasteiger charge is 2.03. The van der Waals surface area contributed by atoms with Crippen molar-refractivity contribution in [2.24, 2.45) is 0 Å². The molecule has 2 N–H and O–H groups in total. The van der Waals surface area contributed by atoms with Crippen molar-refractivity contribution in [3.8, 4) is 5.75 Å². The summed E-state index contributed by atoms with van der Waals surface area (Å²) in [4.78, 5) is 8.74. The number of hydrogen-bond donors (Lipinski definition) is 2. The molecule has 3 rings (SSSR count). The number of rotatable bonds is 7. The summed E-state index contributed by atoms with van der Waals surface area (Å²) in [5, 5.41) is 7.20. The molecule has 1 heterocycles. The summed E-state index contributed by atoms with van der Waals surface area (Å²) in [5.74, 6) is 2.16. The molecule has 0 radical (unpaired) electrons. The largest absolute Gasteiger partial charge is 0.497 e. The molecule has 0 aliphatic rings. The second-order valence-corrected chi connectivity index (χ2v) is 6.29. The van der Waals surface area contributed by atoms with Crippen molar-refractivity contribution in [1.29, 1.82) is 0 Å². The summed E-state index contributed by atoms with van der Waals surface area (Å²) in [6, 6.07) is 15.7. The number of aromatic nitrogens is 2. The molecule has 0 atom stereocenters. The molecule has 0 saturated carbocycles. The lowest BCUT2D eigenvalue weighted by Crippen LogP contribution is -2.08. The van der Waals surface area contributed by atoms with Crippen molar-refractivity contribution >= 4 is 29.1 Å². The van der Waals surface area contributed by atoms with E-state index >= 15 is 0 Å². The first-order chi connectivity index (χ1) is 12.6. The van der Waals surface area contributed by atoms with Gasteiger partial charge in [0.25, 0.3) is 0 Å². The first-order valence-corrected chi connectivity index (χ1v) is 8.75. The topological polar surface area (TPSA) is 59.1 Å². The number of benzene rings is 2. The zero-order valence-corrected chi connectivity index (χ0v) is 15.5. The van der Waals surface area contributed by atoms with Crippen molar-refractivity contribution in [3.63, 3.8) is 0 Å². The fraction of sp³-hybridized carbons (Fsp3) is 0.200. The van der Waals surface area contributed by atoms with E-state index in [1.54, 1.807) is 13.3 Å². The Morgan fingerprint density at radius 2 is 2.00 bits per heavy atom. The van der Waals surface area contributed by atoms with E-state index in [-0.39, 0.29) is 0 Å². The molecule has 2 aromatic carbocycles. The van der Waals surface area contributed by atoms with Crippen LogP contribution in [-0.2, 0) is 6.42 Å². The number of nitrogens with zero attached hydrogens (tertiary/aromatic N) is 2. The highest BCUT2D eigenvalue weighted by Crippen LogP contribution is 2.22. The van der Waals surface area contributed by atoms with Crippen LogP contribution in [0.3, 0.4) is 0 Å². The predicted octanol–water partition coefficient (Wildman–Crippen LogP) is 4.85. The van der Waals surface area contributed by atoms with Gasteiger partial charge < -0.3 is 15.4 Å². The van der Waals surface area contributed by atoms with Crippen LogP contribution < -0.4 is 15.4 Å². The highest BCUT2D eigenvalue weighted by atomic mass is 35.5. The molecule has 0 aliphatic carbocycles. The maximum atomic E-state index is 6.16. The zero-order valence-electron chi connectivity index (χ0n) is 14.8. The molecule has 0 bridgehead atoms. The van der Waals surface area contributed by atoms with Crippen LogP contribution in [0.4, 0.5) is 17.5 Å². The molecule has 0 aliphatic heterocycles. The van der Waals surface area contributed by atoms with E-state index in [1.165, 1.54) is 5.56 Å². The number of hydrogen-bond acceptors (Lipinski definition) is 5. The molecule has 6 heteroatoms. The van der Waals surface area contributed by atoms with Crippen LogP contribution in [0, 0.1) is 6.92 Å². The van der Waals surface area contributed by atoms with Crippen LogP contribution in [0.15, 0.2) is 54.7 Å². The summed E-state index contributed by atoms with van der Waals surface area (Å²) in [6.07, 6.45) is 2.59. The van der Waals surface area contributed by atoms with E-state index in [1.807, 2.05) is 49.4 Å². The molecule has 5 nitrogen and oxygen atoms in total. The minimum absolute atomic E-state index is 0.524. The summed E-state index contributed by atoms with van der Waals surface area (Å²) in [5.41, 5.74) is 3.10. The van der Waals surface area contributed by atoms with Gasteiger partial charge in [-0.2, -0.15) is 4.98 Å². The van der Waals surface area contributed by atoms with Crippen LogP contribution in [-0.4, -0.2) is 23.6 Å². The maximum absolute atomic E-state index is 6.16. The van der Waals surface area contributed by atoms with Gasteiger partial charge in [0, 0.05) is 23.5 Å². The Hall–Kier alpha value is -2.79. The Kier molecular flexibility index (Phi) is 5.92. The summed E-state index contributed by atoms with van der Waals surface area (Å²) < 4.78 is 5.25. The fourth-order valence-corrected chi connectivity index (χ4v) is 2.66. The van der Waals surface area contributed by atoms with E-state index in [9.17, 15) is 0 Å². The van der Waals surface area contributed by atoms with Gasteiger partial charge in [0.1, 0.15) is 11.6 Å². The summed E-state index contributed by atoms with van der Waals surface area (Å²) in [6.45, 7) is 2.73. The van der Waals surface area contributed by atoms with E-state index in [0.29, 0.717) is 11.0 Å². The first-order valence-electron chi connectivity index (χ1n) is 8.37. The minimum atomic E-state index is 0.524. The lowest BCUT2D eigenvalue weighted by Gasteiger charge is -2.09. The van der Waals surface area contributed by atoms with Gasteiger partial charge in [0.05, 0.1) is 7.11 Å². The van der Waals surface area contributed by atoms with E-state index in [0.717, 1.165) is 35.8 Å². The lowest BCUT2D eigenvalue weighted by atomic mass is 10.1. The van der Waals surface area contributed by atoms with Crippen molar-refractivity contribution in [2.45, 2.75) is 13.3 Å². The average molecular weight is 369 g/mol. The number of nitrogens with one attached hydrogen (secondary N) is 2. The zero-order chi connectivity index (χ0) is 18.4. The number of ether oxygens (including phenoxy) is 1. The Morgan fingerprint density at radius 1 is 1.12 bits per heavy atom. The molecule has 0 saturated heterocycles. The Balaban J connectivity index is 1.59. The smallest absolute Gasteiger partial charge is 0.229 e. The lowest BCUT2D eigenvalue weighted by molar-refractivity contribution is 0.414. The minimum Gasteiger partial charge on any atom is -0.497 e. The standard InChI is InChI=1S/C20H21ClN4O/c1-14-6-7-16(13-18(14)21)24-20-23-11-9-19(25-20)22-10-8-15-4-3-5-17(12-15)26-2/h3-7,9,11-13H,8,10H2,1-2H3,(H2,22,23,24,25). The monoisotopic (exact) mass is 368 g/mol. The normalized spacial score (nSPS) is 10.4. The molecule has 134 valence electrons. The van der Waals surface area contributed by atoms with Crippen molar-refractivity contribution in [2.75, 3.05) is 24.3 Å². The van der Waals surface area contributed by atoms with Crippen LogP contribution in [0.1, 0.15) is 11.1 Å². The van der Waals surface area contributed by atoms with Gasteiger partial charge in [-0.15, -0.1) is 0 Å². The second-order valence-electron chi connectivity index (χ2n) is 5.88. The van der Waals surface area contributed by atoms with Gasteiger partial charge in [-0.05, 0) is 54.8 Å². The Bertz CT molecular complexity index is 885. The summed E-state index contributed by atoms with van der Waals surface area (Å²) >= 11 is 6.16. The van der Waals surface area contributed by atoms with Crippen molar-refractivity contribution in [3.05, 3.63) is 70.9 Å². The number of anilines is 3. The molecule has 26 heavy (non-hydrogen) atoms. The van der Waals surface area contributed by atoms with E-state index in [2.05, 4.69) is 26.7 Å². The SMILES string of the molecule is COc1cccc(CCNc2ccnc(Nc3ccc(C)c(Cl)c3)n2)c1. The molecule has 3 aromatic rings. The maximum Gasteiger partial charge on any atom is 0.229 e. The molecule has 1 aromatic heterocycles. The molecule has 0 spiro atoms. The van der Waals surface area contributed by atoms with Crippen molar-refractivity contribution < 1.29 is 4.74 Å². The third kappa shape index (κ3) is 4.86. The number of halogens is 1. The van der Waals surface area contributed by atoms with E-state index < -0.39 is 0 Å². The van der Waals surface area contributed by atoms with Gasteiger partial charge in [0.2, 0.25) is 5.95 Å². The van der Waals surface area contributed by atoms with Gasteiger partial charge in [-0.1, -0.05) is 29.8 Å². The van der Waals surface area contributed by atoms with Gasteiger partial charge >= 0.3 is 0 Å². The first kappa shape index (κ1) is 18.0. The van der Waals surface area contributed by atoms with Crippen molar-refractivity contribution in [1.82, 2.24) is 9.97 Å². The predicted molar refractivity (Wildman–Crippen MR) is 107 cm³/mol. The van der Waals surface area contributed by atoms with Crippen LogP contribution >= 0.6 is 11.6 Å². The second kappa shape index (κ2) is 8.54. The van der Waals surface area contributed by atoms with Gasteiger partial charge in [0.15, 0.2) is 0 Å². The highest BCUT2D eigenvalue weighted by molar-refractivity contribution is 6.31. The number of aryl methyl sites for hydroxylation is 1. The summed E-state index contributed by atoms with van der Waals surface area (Å²) in [7, 11) is 1.67. The molecule has 0 amide bonds. The molecule has 0 fully saturated rings. The third-order valence-corrected chi connectivity index (χ3v) is 4.34.